The lowest BCUT2D eigenvalue weighted by Gasteiger charge is -2.11. The number of nitrogens with zero attached hydrogens (tertiary/aromatic N) is 3. The summed E-state index contributed by atoms with van der Waals surface area (Å²) in [5.74, 6) is 0.0932. The van der Waals surface area contributed by atoms with E-state index >= 15 is 0 Å². The van der Waals surface area contributed by atoms with Crippen molar-refractivity contribution in [2.45, 2.75) is 19.9 Å². The summed E-state index contributed by atoms with van der Waals surface area (Å²) in [6.07, 6.45) is 0. The maximum atomic E-state index is 11.2. The normalized spacial score (nSPS) is 11.9. The van der Waals surface area contributed by atoms with E-state index in [1.807, 2.05) is 19.2 Å². The molecule has 0 aliphatic rings. The number of esters is 1. The van der Waals surface area contributed by atoms with Gasteiger partial charge in [0.2, 0.25) is 0 Å². The summed E-state index contributed by atoms with van der Waals surface area (Å²) in [5.41, 5.74) is 1.19. The molecule has 19 heavy (non-hydrogen) atoms. The minimum Gasteiger partial charge on any atom is -0.464 e. The molecule has 0 saturated carbocycles. The molecule has 0 fully saturated rings. The van der Waals surface area contributed by atoms with E-state index in [4.69, 9.17) is 0 Å². The van der Waals surface area contributed by atoms with Crippen LogP contribution in [0.2, 0.25) is 0 Å². The quantitative estimate of drug-likeness (QED) is 0.864. The summed E-state index contributed by atoms with van der Waals surface area (Å²) < 4.78 is 4.56. The zero-order chi connectivity index (χ0) is 13.8. The summed E-state index contributed by atoms with van der Waals surface area (Å²) in [6, 6.07) is 3.30. The van der Waals surface area contributed by atoms with Crippen LogP contribution in [-0.2, 0) is 4.74 Å². The molecular formula is C12H14N4O2S. The Labute approximate surface area is 114 Å². The Morgan fingerprint density at radius 1 is 1.42 bits per heavy atom. The van der Waals surface area contributed by atoms with Crippen LogP contribution in [0.5, 0.6) is 0 Å². The van der Waals surface area contributed by atoms with Gasteiger partial charge in [-0.15, -0.1) is 21.5 Å². The number of thiazole rings is 1. The Hall–Kier alpha value is -2.02. The van der Waals surface area contributed by atoms with Crippen molar-refractivity contribution in [1.82, 2.24) is 15.2 Å². The van der Waals surface area contributed by atoms with Crippen LogP contribution in [0, 0.1) is 6.92 Å². The molecule has 2 aromatic heterocycles. The van der Waals surface area contributed by atoms with E-state index in [1.54, 1.807) is 23.5 Å². The van der Waals surface area contributed by atoms with Crippen molar-refractivity contribution in [2.75, 3.05) is 12.4 Å². The number of carbonyl (C=O) groups excluding carboxylic acids is 1. The van der Waals surface area contributed by atoms with E-state index in [1.165, 1.54) is 7.11 Å². The van der Waals surface area contributed by atoms with Crippen LogP contribution in [0.25, 0.3) is 0 Å². The number of aryl methyl sites for hydroxylation is 1. The van der Waals surface area contributed by atoms with Gasteiger partial charge in [-0.05, 0) is 26.0 Å². The molecule has 1 N–H and O–H groups in total. The highest BCUT2D eigenvalue weighted by Gasteiger charge is 2.11. The maximum absolute atomic E-state index is 11.2. The fraction of sp³-hybridized carbons (Fsp3) is 0.333. The molecule has 1 atom stereocenters. The first-order valence-electron chi connectivity index (χ1n) is 5.70. The average molecular weight is 278 g/mol. The van der Waals surface area contributed by atoms with Gasteiger partial charge in [-0.3, -0.25) is 0 Å². The standard InChI is InChI=1S/C12H14N4O2S/c1-7-6-19-11(13-7)8(2)14-10-5-4-9(15-16-10)12(17)18-3/h4-6,8H,1-3H3,(H,14,16). The lowest BCUT2D eigenvalue weighted by molar-refractivity contribution is 0.0593. The molecule has 1 unspecified atom stereocenters. The molecule has 0 bridgehead atoms. The van der Waals surface area contributed by atoms with Gasteiger partial charge in [-0.25, -0.2) is 9.78 Å². The third-order valence-corrected chi connectivity index (χ3v) is 3.58. The molecule has 0 aromatic carbocycles. The van der Waals surface area contributed by atoms with Crippen molar-refractivity contribution in [3.05, 3.63) is 33.9 Å². The number of rotatable bonds is 4. The Balaban J connectivity index is 2.05. The van der Waals surface area contributed by atoms with Gasteiger partial charge in [0.15, 0.2) is 5.69 Å². The van der Waals surface area contributed by atoms with Crippen LogP contribution in [-0.4, -0.2) is 28.3 Å². The van der Waals surface area contributed by atoms with Crippen molar-refractivity contribution in [3.8, 4) is 0 Å². The second-order valence-corrected chi connectivity index (χ2v) is 4.88. The number of anilines is 1. The van der Waals surface area contributed by atoms with Crippen molar-refractivity contribution in [1.29, 1.82) is 0 Å². The van der Waals surface area contributed by atoms with Crippen LogP contribution < -0.4 is 5.32 Å². The number of carbonyl (C=O) groups is 1. The number of hydrogen-bond donors (Lipinski definition) is 1. The highest BCUT2D eigenvalue weighted by atomic mass is 32.1. The van der Waals surface area contributed by atoms with Crippen molar-refractivity contribution >= 4 is 23.1 Å². The topological polar surface area (TPSA) is 77.0 Å². The molecular weight excluding hydrogens is 264 g/mol. The van der Waals surface area contributed by atoms with E-state index in [9.17, 15) is 4.79 Å². The van der Waals surface area contributed by atoms with Gasteiger partial charge in [0.05, 0.1) is 13.2 Å². The zero-order valence-electron chi connectivity index (χ0n) is 10.9. The molecule has 6 nitrogen and oxygen atoms in total. The fourth-order valence-electron chi connectivity index (χ4n) is 1.48. The summed E-state index contributed by atoms with van der Waals surface area (Å²) in [6.45, 7) is 3.95. The Morgan fingerprint density at radius 2 is 2.21 bits per heavy atom. The first-order valence-corrected chi connectivity index (χ1v) is 6.58. The first kappa shape index (κ1) is 13.4. The van der Waals surface area contributed by atoms with Gasteiger partial charge in [0.25, 0.3) is 0 Å². The number of methoxy groups -OCH3 is 1. The minimum atomic E-state index is -0.498. The summed E-state index contributed by atoms with van der Waals surface area (Å²) >= 11 is 1.59. The third kappa shape index (κ3) is 3.25. The lowest BCUT2D eigenvalue weighted by atomic mass is 10.3. The van der Waals surface area contributed by atoms with Crippen LogP contribution in [0.15, 0.2) is 17.5 Å². The van der Waals surface area contributed by atoms with E-state index in [2.05, 4.69) is 25.2 Å². The molecule has 2 rings (SSSR count). The van der Waals surface area contributed by atoms with Gasteiger partial charge in [0, 0.05) is 11.1 Å². The van der Waals surface area contributed by atoms with Gasteiger partial charge in [-0.2, -0.15) is 0 Å². The zero-order valence-corrected chi connectivity index (χ0v) is 11.7. The monoisotopic (exact) mass is 278 g/mol. The van der Waals surface area contributed by atoms with Crippen LogP contribution >= 0.6 is 11.3 Å². The Morgan fingerprint density at radius 3 is 2.74 bits per heavy atom. The Bertz CT molecular complexity index is 567. The van der Waals surface area contributed by atoms with Crippen LogP contribution in [0.1, 0.15) is 34.2 Å². The average Bonchev–Trinajstić information content (AvgIpc) is 2.85. The SMILES string of the molecule is COC(=O)c1ccc(NC(C)c2nc(C)cs2)nn1. The largest absolute Gasteiger partial charge is 0.464 e. The predicted molar refractivity (Wildman–Crippen MR) is 72.3 cm³/mol. The van der Waals surface area contributed by atoms with Gasteiger partial charge in [0.1, 0.15) is 10.8 Å². The third-order valence-electron chi connectivity index (χ3n) is 2.43. The smallest absolute Gasteiger partial charge is 0.358 e. The fourth-order valence-corrected chi connectivity index (χ4v) is 2.28. The summed E-state index contributed by atoms with van der Waals surface area (Å²) in [5, 5.41) is 13.9. The molecule has 0 amide bonds. The molecule has 0 radical (unpaired) electrons. The number of aromatic nitrogens is 3. The first-order chi connectivity index (χ1) is 9.10. The molecule has 100 valence electrons. The van der Waals surface area contributed by atoms with Crippen LogP contribution in [0.3, 0.4) is 0 Å². The highest BCUT2D eigenvalue weighted by molar-refractivity contribution is 7.09. The number of ether oxygens (including phenoxy) is 1. The summed E-state index contributed by atoms with van der Waals surface area (Å²) in [7, 11) is 1.31. The van der Waals surface area contributed by atoms with Crippen molar-refractivity contribution in [2.24, 2.45) is 0 Å². The molecule has 7 heteroatoms. The van der Waals surface area contributed by atoms with Gasteiger partial charge >= 0.3 is 5.97 Å². The molecule has 0 aliphatic heterocycles. The molecule has 0 spiro atoms. The molecule has 2 heterocycles. The lowest BCUT2D eigenvalue weighted by Crippen LogP contribution is -2.10. The summed E-state index contributed by atoms with van der Waals surface area (Å²) in [4.78, 5) is 15.6. The molecule has 2 aromatic rings. The van der Waals surface area contributed by atoms with Crippen molar-refractivity contribution < 1.29 is 9.53 Å². The van der Waals surface area contributed by atoms with Crippen LogP contribution in [0.4, 0.5) is 5.82 Å². The van der Waals surface area contributed by atoms with Gasteiger partial charge in [-0.1, -0.05) is 0 Å². The van der Waals surface area contributed by atoms with E-state index < -0.39 is 5.97 Å². The number of nitrogens with one attached hydrogen (secondary N) is 1. The van der Waals surface area contributed by atoms with Crippen molar-refractivity contribution in [3.63, 3.8) is 0 Å². The minimum absolute atomic E-state index is 0.0389. The Kier molecular flexibility index (Phi) is 4.06. The number of hydrogen-bond acceptors (Lipinski definition) is 7. The van der Waals surface area contributed by atoms with E-state index in [-0.39, 0.29) is 11.7 Å². The van der Waals surface area contributed by atoms with E-state index in [0.29, 0.717) is 5.82 Å². The molecule has 0 saturated heterocycles. The van der Waals surface area contributed by atoms with E-state index in [0.717, 1.165) is 10.7 Å². The second kappa shape index (κ2) is 5.75. The van der Waals surface area contributed by atoms with Gasteiger partial charge < -0.3 is 10.1 Å². The second-order valence-electron chi connectivity index (χ2n) is 3.99. The highest BCUT2D eigenvalue weighted by Crippen LogP contribution is 2.20. The predicted octanol–water partition coefficient (Wildman–Crippen LogP) is 2.20. The molecule has 0 aliphatic carbocycles. The maximum Gasteiger partial charge on any atom is 0.358 e.